The molecular formula is C16H31NO3. The molecule has 0 aliphatic rings. The van der Waals surface area contributed by atoms with Crippen LogP contribution in [0.15, 0.2) is 0 Å². The van der Waals surface area contributed by atoms with Gasteiger partial charge in [-0.2, -0.15) is 0 Å². The molecule has 4 nitrogen and oxygen atoms in total. The molecule has 1 unspecified atom stereocenters. The van der Waals surface area contributed by atoms with Gasteiger partial charge in [-0.1, -0.05) is 58.8 Å². The lowest BCUT2D eigenvalue weighted by Crippen LogP contribution is -2.32. The van der Waals surface area contributed by atoms with Crippen molar-refractivity contribution in [1.29, 1.82) is 0 Å². The van der Waals surface area contributed by atoms with Gasteiger partial charge in [-0.3, -0.25) is 9.59 Å². The van der Waals surface area contributed by atoms with Crippen LogP contribution in [0.2, 0.25) is 0 Å². The second-order valence-corrected chi connectivity index (χ2v) is 5.50. The zero-order chi connectivity index (χ0) is 15.2. The smallest absolute Gasteiger partial charge is 0.308 e. The Labute approximate surface area is 123 Å². The third-order valence-electron chi connectivity index (χ3n) is 3.54. The largest absolute Gasteiger partial charge is 0.481 e. The average Bonchev–Trinajstić information content (AvgIpc) is 2.42. The Bertz CT molecular complexity index is 266. The van der Waals surface area contributed by atoms with E-state index in [-0.39, 0.29) is 12.5 Å². The molecule has 0 saturated heterocycles. The Hall–Kier alpha value is -1.06. The quantitative estimate of drug-likeness (QED) is 0.506. The molecule has 1 atom stereocenters. The van der Waals surface area contributed by atoms with Gasteiger partial charge < -0.3 is 10.4 Å². The molecule has 0 rings (SSSR count). The first-order chi connectivity index (χ1) is 9.61. The summed E-state index contributed by atoms with van der Waals surface area (Å²) in [5.74, 6) is -1.28. The Morgan fingerprint density at radius 1 is 0.950 bits per heavy atom. The number of nitrogens with one attached hydrogen (secondary N) is 1. The van der Waals surface area contributed by atoms with E-state index in [4.69, 9.17) is 5.11 Å². The van der Waals surface area contributed by atoms with E-state index in [2.05, 4.69) is 12.2 Å². The number of carbonyl (C=O) groups is 2. The number of hydrogen-bond donors (Lipinski definition) is 2. The summed E-state index contributed by atoms with van der Waals surface area (Å²) in [6.07, 6.45) is 10.3. The van der Waals surface area contributed by atoms with Crippen LogP contribution in [0.5, 0.6) is 0 Å². The van der Waals surface area contributed by atoms with E-state index in [1.165, 1.54) is 32.1 Å². The fraction of sp³-hybridized carbons (Fsp3) is 0.875. The molecule has 2 N–H and O–H groups in total. The number of hydrogen-bond acceptors (Lipinski definition) is 2. The van der Waals surface area contributed by atoms with Crippen molar-refractivity contribution >= 4 is 11.9 Å². The van der Waals surface area contributed by atoms with E-state index in [0.717, 1.165) is 19.3 Å². The van der Waals surface area contributed by atoms with E-state index in [0.29, 0.717) is 12.8 Å². The van der Waals surface area contributed by atoms with Crippen LogP contribution in [-0.4, -0.2) is 23.5 Å². The molecule has 0 fully saturated rings. The molecule has 0 spiro atoms. The summed E-state index contributed by atoms with van der Waals surface area (Å²) < 4.78 is 0. The monoisotopic (exact) mass is 285 g/mol. The summed E-state index contributed by atoms with van der Waals surface area (Å²) in [4.78, 5) is 22.5. The average molecular weight is 285 g/mol. The van der Waals surface area contributed by atoms with Crippen molar-refractivity contribution in [2.45, 2.75) is 78.1 Å². The third-order valence-corrected chi connectivity index (χ3v) is 3.54. The normalized spacial score (nSPS) is 12.1. The fourth-order valence-corrected chi connectivity index (χ4v) is 2.23. The molecule has 0 aliphatic heterocycles. The van der Waals surface area contributed by atoms with Crippen molar-refractivity contribution in [3.63, 3.8) is 0 Å². The lowest BCUT2D eigenvalue weighted by atomic mass is 10.0. The van der Waals surface area contributed by atoms with Crippen LogP contribution in [0.25, 0.3) is 0 Å². The maximum absolute atomic E-state index is 11.6. The first-order valence-corrected chi connectivity index (χ1v) is 8.11. The number of carbonyl (C=O) groups excluding carboxylic acids is 1. The number of rotatable bonds is 13. The highest BCUT2D eigenvalue weighted by molar-refractivity contribution is 5.77. The van der Waals surface area contributed by atoms with Gasteiger partial charge >= 0.3 is 5.97 Å². The van der Waals surface area contributed by atoms with Gasteiger partial charge in [-0.25, -0.2) is 0 Å². The van der Waals surface area contributed by atoms with Crippen LogP contribution >= 0.6 is 0 Å². The molecule has 0 heterocycles. The summed E-state index contributed by atoms with van der Waals surface area (Å²) in [7, 11) is 0. The number of carboxylic acid groups (broad SMARTS) is 1. The second-order valence-electron chi connectivity index (χ2n) is 5.50. The van der Waals surface area contributed by atoms with Crippen LogP contribution in [0.4, 0.5) is 0 Å². The van der Waals surface area contributed by atoms with Crippen LogP contribution < -0.4 is 5.32 Å². The summed E-state index contributed by atoms with van der Waals surface area (Å²) in [6, 6.07) is 0. The van der Waals surface area contributed by atoms with Gasteiger partial charge in [0.15, 0.2) is 0 Å². The zero-order valence-electron chi connectivity index (χ0n) is 13.1. The van der Waals surface area contributed by atoms with Crippen molar-refractivity contribution in [1.82, 2.24) is 5.32 Å². The van der Waals surface area contributed by atoms with E-state index in [1.807, 2.05) is 6.92 Å². The van der Waals surface area contributed by atoms with Crippen molar-refractivity contribution in [3.8, 4) is 0 Å². The number of aliphatic carboxylic acids is 1. The molecule has 4 heteroatoms. The van der Waals surface area contributed by atoms with Crippen LogP contribution in [-0.2, 0) is 9.59 Å². The van der Waals surface area contributed by atoms with Gasteiger partial charge in [-0.05, 0) is 12.8 Å². The molecule has 0 aliphatic carbocycles. The SMILES string of the molecule is CCCCCCCCCC(=O)NCC(CCC)C(=O)O. The van der Waals surface area contributed by atoms with Gasteiger partial charge in [0.1, 0.15) is 0 Å². The van der Waals surface area contributed by atoms with Gasteiger partial charge in [0.2, 0.25) is 5.91 Å². The first-order valence-electron chi connectivity index (χ1n) is 8.11. The molecule has 0 aromatic heterocycles. The maximum atomic E-state index is 11.6. The molecule has 118 valence electrons. The predicted octanol–water partition coefficient (Wildman–Crippen LogP) is 3.74. The minimum atomic E-state index is -0.817. The number of carboxylic acids is 1. The molecular weight excluding hydrogens is 254 g/mol. The second kappa shape index (κ2) is 12.9. The highest BCUT2D eigenvalue weighted by atomic mass is 16.4. The van der Waals surface area contributed by atoms with E-state index < -0.39 is 11.9 Å². The lowest BCUT2D eigenvalue weighted by Gasteiger charge is -2.12. The highest BCUT2D eigenvalue weighted by Gasteiger charge is 2.16. The van der Waals surface area contributed by atoms with Gasteiger partial charge in [0.05, 0.1) is 5.92 Å². The van der Waals surface area contributed by atoms with Crippen LogP contribution in [0.1, 0.15) is 78.1 Å². The molecule has 1 amide bonds. The summed E-state index contributed by atoms with van der Waals surface area (Å²) in [6.45, 7) is 4.42. The Kier molecular flexibility index (Phi) is 12.3. The standard InChI is InChI=1S/C16H31NO3/c1-3-5-6-7-8-9-10-12-15(18)17-13-14(11-4-2)16(19)20/h14H,3-13H2,1-2H3,(H,17,18)(H,19,20). The Balaban J connectivity index is 3.55. The van der Waals surface area contributed by atoms with Gasteiger partial charge in [-0.15, -0.1) is 0 Å². The van der Waals surface area contributed by atoms with E-state index >= 15 is 0 Å². The summed E-state index contributed by atoms with van der Waals surface area (Å²) >= 11 is 0. The van der Waals surface area contributed by atoms with Crippen molar-refractivity contribution in [2.75, 3.05) is 6.54 Å². The fourth-order valence-electron chi connectivity index (χ4n) is 2.23. The van der Waals surface area contributed by atoms with Gasteiger partial charge in [0.25, 0.3) is 0 Å². The maximum Gasteiger partial charge on any atom is 0.308 e. The van der Waals surface area contributed by atoms with Crippen LogP contribution in [0.3, 0.4) is 0 Å². The van der Waals surface area contributed by atoms with E-state index in [1.54, 1.807) is 0 Å². The minimum absolute atomic E-state index is 0.0130. The van der Waals surface area contributed by atoms with Crippen molar-refractivity contribution < 1.29 is 14.7 Å². The molecule has 0 radical (unpaired) electrons. The molecule has 20 heavy (non-hydrogen) atoms. The summed E-state index contributed by atoms with van der Waals surface area (Å²) in [5.41, 5.74) is 0. The predicted molar refractivity (Wildman–Crippen MR) is 81.7 cm³/mol. The van der Waals surface area contributed by atoms with Crippen LogP contribution in [0, 0.1) is 5.92 Å². The molecule has 0 aromatic rings. The summed E-state index contributed by atoms with van der Waals surface area (Å²) in [5, 5.41) is 11.7. The van der Waals surface area contributed by atoms with Crippen molar-refractivity contribution in [2.24, 2.45) is 5.92 Å². The lowest BCUT2D eigenvalue weighted by molar-refractivity contribution is -0.141. The number of amides is 1. The molecule has 0 aromatic carbocycles. The molecule has 0 bridgehead atoms. The Morgan fingerprint density at radius 3 is 2.10 bits per heavy atom. The van der Waals surface area contributed by atoms with Crippen molar-refractivity contribution in [3.05, 3.63) is 0 Å². The highest BCUT2D eigenvalue weighted by Crippen LogP contribution is 2.09. The zero-order valence-corrected chi connectivity index (χ0v) is 13.1. The first kappa shape index (κ1) is 18.9. The number of unbranched alkanes of at least 4 members (excludes halogenated alkanes) is 6. The van der Waals surface area contributed by atoms with E-state index in [9.17, 15) is 9.59 Å². The third kappa shape index (κ3) is 10.8. The minimum Gasteiger partial charge on any atom is -0.481 e. The molecule has 0 saturated carbocycles. The topological polar surface area (TPSA) is 66.4 Å². The van der Waals surface area contributed by atoms with Gasteiger partial charge in [0, 0.05) is 13.0 Å². The Morgan fingerprint density at radius 2 is 1.55 bits per heavy atom.